The second kappa shape index (κ2) is 6.99. The third-order valence-electron chi connectivity index (χ3n) is 3.18. The summed E-state index contributed by atoms with van der Waals surface area (Å²) in [4.78, 5) is 25.2. The van der Waals surface area contributed by atoms with Gasteiger partial charge in [0, 0.05) is 6.54 Å². The Morgan fingerprint density at radius 2 is 2.00 bits per heavy atom. The lowest BCUT2D eigenvalue weighted by Gasteiger charge is -2.11. The van der Waals surface area contributed by atoms with Crippen molar-refractivity contribution >= 4 is 40.6 Å². The van der Waals surface area contributed by atoms with E-state index in [1.807, 2.05) is 13.0 Å². The standard InChI is InChI=1S/C15H17IN2O4/c1-4-5-18-14(19)11(17-15(18)20)7-9-6-10(16)13(22-3)12(8-9)21-2/h6-8H,4-5H2,1-3H3,(H,17,20)/b11-7+. The van der Waals surface area contributed by atoms with Gasteiger partial charge in [-0.3, -0.25) is 9.69 Å². The molecule has 0 radical (unpaired) electrons. The smallest absolute Gasteiger partial charge is 0.329 e. The van der Waals surface area contributed by atoms with Crippen LogP contribution in [-0.2, 0) is 4.79 Å². The number of amides is 3. The van der Waals surface area contributed by atoms with Gasteiger partial charge in [-0.2, -0.15) is 0 Å². The predicted molar refractivity (Wildman–Crippen MR) is 90.8 cm³/mol. The molecule has 7 heteroatoms. The van der Waals surface area contributed by atoms with Crippen LogP contribution >= 0.6 is 22.6 Å². The first kappa shape index (κ1) is 16.6. The first-order chi connectivity index (χ1) is 10.5. The highest BCUT2D eigenvalue weighted by Gasteiger charge is 2.32. The molecule has 1 fully saturated rings. The molecular formula is C15H17IN2O4. The maximum absolute atomic E-state index is 12.2. The van der Waals surface area contributed by atoms with Crippen molar-refractivity contribution in [2.45, 2.75) is 13.3 Å². The molecule has 0 aliphatic carbocycles. The predicted octanol–water partition coefficient (Wildman–Crippen LogP) is 2.61. The van der Waals surface area contributed by atoms with Crippen molar-refractivity contribution in [3.05, 3.63) is 27.0 Å². The lowest BCUT2D eigenvalue weighted by molar-refractivity contribution is -0.122. The average Bonchev–Trinajstić information content (AvgIpc) is 2.74. The van der Waals surface area contributed by atoms with Gasteiger partial charge >= 0.3 is 6.03 Å². The van der Waals surface area contributed by atoms with E-state index in [4.69, 9.17) is 9.47 Å². The summed E-state index contributed by atoms with van der Waals surface area (Å²) < 4.78 is 11.4. The van der Waals surface area contributed by atoms with Crippen LogP contribution in [0.5, 0.6) is 11.5 Å². The zero-order valence-electron chi connectivity index (χ0n) is 12.6. The highest BCUT2D eigenvalue weighted by Crippen LogP contribution is 2.34. The molecule has 1 aliphatic heterocycles. The van der Waals surface area contributed by atoms with Crippen molar-refractivity contribution in [2.75, 3.05) is 20.8 Å². The van der Waals surface area contributed by atoms with Gasteiger partial charge in [-0.15, -0.1) is 0 Å². The number of benzene rings is 1. The third-order valence-corrected chi connectivity index (χ3v) is 3.98. The minimum Gasteiger partial charge on any atom is -0.493 e. The molecule has 0 saturated carbocycles. The summed E-state index contributed by atoms with van der Waals surface area (Å²) in [6, 6.07) is 3.24. The van der Waals surface area contributed by atoms with Gasteiger partial charge in [0.1, 0.15) is 5.70 Å². The average molecular weight is 416 g/mol. The molecular weight excluding hydrogens is 399 g/mol. The molecule has 0 spiro atoms. The van der Waals surface area contributed by atoms with E-state index >= 15 is 0 Å². The minimum absolute atomic E-state index is 0.265. The zero-order valence-corrected chi connectivity index (χ0v) is 14.8. The highest BCUT2D eigenvalue weighted by atomic mass is 127. The molecule has 22 heavy (non-hydrogen) atoms. The number of carbonyl (C=O) groups is 2. The summed E-state index contributed by atoms with van der Waals surface area (Å²) in [6.45, 7) is 2.32. The van der Waals surface area contributed by atoms with E-state index in [-0.39, 0.29) is 17.6 Å². The molecule has 1 aliphatic rings. The van der Waals surface area contributed by atoms with E-state index in [1.54, 1.807) is 26.4 Å². The van der Waals surface area contributed by atoms with Crippen LogP contribution in [-0.4, -0.2) is 37.6 Å². The summed E-state index contributed by atoms with van der Waals surface area (Å²) in [7, 11) is 3.12. The van der Waals surface area contributed by atoms with Crippen LogP contribution in [0.15, 0.2) is 17.8 Å². The molecule has 0 atom stereocenters. The summed E-state index contributed by atoms with van der Waals surface area (Å²) in [5.74, 6) is 0.903. The van der Waals surface area contributed by atoms with E-state index in [0.717, 1.165) is 15.6 Å². The number of rotatable bonds is 5. The number of ether oxygens (including phenoxy) is 2. The number of methoxy groups -OCH3 is 2. The molecule has 1 saturated heterocycles. The van der Waals surface area contributed by atoms with Crippen LogP contribution in [0.25, 0.3) is 6.08 Å². The van der Waals surface area contributed by atoms with Crippen LogP contribution < -0.4 is 14.8 Å². The number of nitrogens with one attached hydrogen (secondary N) is 1. The SMILES string of the molecule is CCCN1C(=O)N/C(=C/c2cc(I)c(OC)c(OC)c2)C1=O. The van der Waals surface area contributed by atoms with Crippen LogP contribution in [0.2, 0.25) is 0 Å². The summed E-state index contributed by atoms with van der Waals surface area (Å²) >= 11 is 2.13. The van der Waals surface area contributed by atoms with E-state index in [0.29, 0.717) is 18.0 Å². The number of carbonyl (C=O) groups excluding carboxylic acids is 2. The number of hydrogen-bond donors (Lipinski definition) is 1. The van der Waals surface area contributed by atoms with Gasteiger partial charge in [-0.05, 0) is 52.8 Å². The van der Waals surface area contributed by atoms with Gasteiger partial charge < -0.3 is 14.8 Å². The van der Waals surface area contributed by atoms with Gasteiger partial charge in [0.15, 0.2) is 11.5 Å². The van der Waals surface area contributed by atoms with E-state index < -0.39 is 0 Å². The molecule has 6 nitrogen and oxygen atoms in total. The summed E-state index contributed by atoms with van der Waals surface area (Å²) in [5.41, 5.74) is 1.02. The largest absolute Gasteiger partial charge is 0.493 e. The minimum atomic E-state index is -0.381. The van der Waals surface area contributed by atoms with Crippen molar-refractivity contribution in [2.24, 2.45) is 0 Å². The van der Waals surface area contributed by atoms with Crippen molar-refractivity contribution in [1.29, 1.82) is 0 Å². The molecule has 1 aromatic carbocycles. The number of nitrogens with zero attached hydrogens (tertiary/aromatic N) is 1. The Balaban J connectivity index is 2.36. The Morgan fingerprint density at radius 3 is 2.59 bits per heavy atom. The summed E-state index contributed by atoms with van der Waals surface area (Å²) in [6.07, 6.45) is 2.36. The summed E-state index contributed by atoms with van der Waals surface area (Å²) in [5, 5.41) is 2.60. The van der Waals surface area contributed by atoms with Gasteiger partial charge in [0.2, 0.25) is 0 Å². The maximum Gasteiger partial charge on any atom is 0.329 e. The lowest BCUT2D eigenvalue weighted by atomic mass is 10.1. The molecule has 0 bridgehead atoms. The van der Waals surface area contributed by atoms with Crippen molar-refractivity contribution in [1.82, 2.24) is 10.2 Å². The van der Waals surface area contributed by atoms with Gasteiger partial charge in [-0.25, -0.2) is 4.79 Å². The van der Waals surface area contributed by atoms with Crippen molar-refractivity contribution < 1.29 is 19.1 Å². The Morgan fingerprint density at radius 1 is 1.27 bits per heavy atom. The van der Waals surface area contributed by atoms with Crippen LogP contribution in [0, 0.1) is 3.57 Å². The third kappa shape index (κ3) is 3.18. The Hall–Kier alpha value is -1.77. The van der Waals surface area contributed by atoms with E-state index in [1.165, 1.54) is 4.90 Å². The quantitative estimate of drug-likeness (QED) is 0.455. The van der Waals surface area contributed by atoms with Gasteiger partial charge in [-0.1, -0.05) is 6.92 Å². The second-order valence-electron chi connectivity index (χ2n) is 4.68. The molecule has 0 unspecified atom stereocenters. The Labute approximate surface area is 142 Å². The molecule has 2 rings (SSSR count). The fourth-order valence-electron chi connectivity index (χ4n) is 2.19. The normalized spacial score (nSPS) is 16.2. The maximum atomic E-state index is 12.2. The first-order valence-corrected chi connectivity index (χ1v) is 7.85. The molecule has 118 valence electrons. The van der Waals surface area contributed by atoms with Gasteiger partial charge in [0.25, 0.3) is 5.91 Å². The fraction of sp³-hybridized carbons (Fsp3) is 0.333. The number of halogens is 1. The first-order valence-electron chi connectivity index (χ1n) is 6.77. The molecule has 1 heterocycles. The molecule has 3 amide bonds. The molecule has 0 aromatic heterocycles. The second-order valence-corrected chi connectivity index (χ2v) is 5.85. The fourth-order valence-corrected chi connectivity index (χ4v) is 3.03. The van der Waals surface area contributed by atoms with Crippen molar-refractivity contribution in [3.8, 4) is 11.5 Å². The lowest BCUT2D eigenvalue weighted by Crippen LogP contribution is -2.31. The van der Waals surface area contributed by atoms with Crippen LogP contribution in [0.4, 0.5) is 4.79 Å². The molecule has 1 N–H and O–H groups in total. The number of imide groups is 1. The van der Waals surface area contributed by atoms with E-state index in [2.05, 4.69) is 27.9 Å². The topological polar surface area (TPSA) is 67.9 Å². The number of hydrogen-bond acceptors (Lipinski definition) is 4. The monoisotopic (exact) mass is 416 g/mol. The molecule has 1 aromatic rings. The zero-order chi connectivity index (χ0) is 16.3. The number of urea groups is 1. The van der Waals surface area contributed by atoms with Gasteiger partial charge in [0.05, 0.1) is 17.8 Å². The highest BCUT2D eigenvalue weighted by molar-refractivity contribution is 14.1. The Bertz CT molecular complexity index is 643. The Kier molecular flexibility index (Phi) is 5.28. The van der Waals surface area contributed by atoms with Crippen molar-refractivity contribution in [3.63, 3.8) is 0 Å². The van der Waals surface area contributed by atoms with E-state index in [9.17, 15) is 9.59 Å². The van der Waals surface area contributed by atoms with Crippen LogP contribution in [0.3, 0.4) is 0 Å². The van der Waals surface area contributed by atoms with Crippen LogP contribution in [0.1, 0.15) is 18.9 Å².